The molecule has 0 bridgehead atoms. The van der Waals surface area contributed by atoms with Crippen molar-refractivity contribution < 1.29 is 19.1 Å². The maximum Gasteiger partial charge on any atom is 0.358 e. The maximum absolute atomic E-state index is 12.9. The van der Waals surface area contributed by atoms with E-state index in [4.69, 9.17) is 21.1 Å². The first kappa shape index (κ1) is 18.7. The van der Waals surface area contributed by atoms with E-state index in [0.29, 0.717) is 21.4 Å². The Balaban J connectivity index is 2.28. The molecule has 0 unspecified atom stereocenters. The van der Waals surface area contributed by atoms with Crippen molar-refractivity contribution in [2.45, 2.75) is 13.8 Å². The van der Waals surface area contributed by atoms with E-state index in [-0.39, 0.29) is 18.9 Å². The van der Waals surface area contributed by atoms with Crippen LogP contribution in [0.1, 0.15) is 24.3 Å². The molecule has 9 heteroatoms. The van der Waals surface area contributed by atoms with Crippen LogP contribution >= 0.6 is 11.6 Å². The monoisotopic (exact) mass is 389 g/mol. The van der Waals surface area contributed by atoms with Gasteiger partial charge in [0.2, 0.25) is 0 Å². The van der Waals surface area contributed by atoms with Crippen molar-refractivity contribution in [3.8, 4) is 0 Å². The van der Waals surface area contributed by atoms with Crippen LogP contribution in [0.2, 0.25) is 5.02 Å². The summed E-state index contributed by atoms with van der Waals surface area (Å²) in [6.45, 7) is 3.76. The standard InChI is InChI=1S/C18H16ClN3O5/c1-3-26-16(23)7-8-21-14-9-11(19)5-6-12(14)15-10-13(17(24)27-4-2)20-22(15)18(21)25/h5-10H,3-4H2,1-2H3/b8-7-. The van der Waals surface area contributed by atoms with Gasteiger partial charge in [0.05, 0.1) is 24.2 Å². The Morgan fingerprint density at radius 3 is 2.59 bits per heavy atom. The summed E-state index contributed by atoms with van der Waals surface area (Å²) in [6, 6.07) is 6.43. The van der Waals surface area contributed by atoms with E-state index < -0.39 is 17.6 Å². The van der Waals surface area contributed by atoms with Gasteiger partial charge >= 0.3 is 17.6 Å². The van der Waals surface area contributed by atoms with E-state index in [1.807, 2.05) is 0 Å². The zero-order valence-corrected chi connectivity index (χ0v) is 15.4. The van der Waals surface area contributed by atoms with E-state index in [1.54, 1.807) is 32.0 Å². The summed E-state index contributed by atoms with van der Waals surface area (Å²) in [4.78, 5) is 36.5. The number of halogens is 1. The van der Waals surface area contributed by atoms with Gasteiger partial charge < -0.3 is 9.47 Å². The minimum atomic E-state index is -0.628. The lowest BCUT2D eigenvalue weighted by atomic mass is 10.2. The van der Waals surface area contributed by atoms with Crippen molar-refractivity contribution in [1.29, 1.82) is 0 Å². The minimum absolute atomic E-state index is 0.0114. The summed E-state index contributed by atoms with van der Waals surface area (Å²) in [5.41, 5.74) is 0.319. The lowest BCUT2D eigenvalue weighted by molar-refractivity contribution is -0.137. The van der Waals surface area contributed by atoms with Crippen molar-refractivity contribution in [2.24, 2.45) is 0 Å². The maximum atomic E-state index is 12.9. The molecule has 0 saturated heterocycles. The van der Waals surface area contributed by atoms with E-state index in [0.717, 1.165) is 10.6 Å². The molecular formula is C18H16ClN3O5. The number of ether oxygens (including phenoxy) is 2. The summed E-state index contributed by atoms with van der Waals surface area (Å²) in [6.07, 6.45) is 2.41. The van der Waals surface area contributed by atoms with Crippen molar-refractivity contribution in [2.75, 3.05) is 13.2 Å². The molecule has 3 rings (SSSR count). The summed E-state index contributed by atoms with van der Waals surface area (Å²) in [7, 11) is 0. The minimum Gasteiger partial charge on any atom is -0.463 e. The highest BCUT2D eigenvalue weighted by atomic mass is 35.5. The zero-order valence-electron chi connectivity index (χ0n) is 14.6. The van der Waals surface area contributed by atoms with Gasteiger partial charge in [-0.2, -0.15) is 9.61 Å². The fourth-order valence-corrected chi connectivity index (χ4v) is 2.79. The molecule has 0 N–H and O–H groups in total. The normalized spacial score (nSPS) is 11.4. The predicted octanol–water partition coefficient (Wildman–Crippen LogP) is 2.51. The number of esters is 2. The second-order valence-electron chi connectivity index (χ2n) is 5.43. The highest BCUT2D eigenvalue weighted by molar-refractivity contribution is 6.31. The molecule has 2 aromatic heterocycles. The zero-order chi connectivity index (χ0) is 19.6. The third-order valence-electron chi connectivity index (χ3n) is 3.72. The number of carbonyl (C=O) groups is 2. The van der Waals surface area contributed by atoms with Crippen molar-refractivity contribution in [3.05, 3.63) is 51.5 Å². The first-order chi connectivity index (χ1) is 13.0. The predicted molar refractivity (Wildman–Crippen MR) is 99.9 cm³/mol. The van der Waals surface area contributed by atoms with Crippen molar-refractivity contribution >= 4 is 46.2 Å². The third-order valence-corrected chi connectivity index (χ3v) is 3.96. The Morgan fingerprint density at radius 1 is 1.15 bits per heavy atom. The Kier molecular flexibility index (Phi) is 5.27. The van der Waals surface area contributed by atoms with Crippen LogP contribution in [-0.4, -0.2) is 39.3 Å². The molecule has 1 aromatic carbocycles. The van der Waals surface area contributed by atoms with Gasteiger partial charge in [-0.25, -0.2) is 14.4 Å². The van der Waals surface area contributed by atoms with Crippen LogP contribution in [0.25, 0.3) is 22.6 Å². The van der Waals surface area contributed by atoms with Gasteiger partial charge in [0.1, 0.15) is 0 Å². The Hall–Kier alpha value is -3.13. The van der Waals surface area contributed by atoms with Crippen LogP contribution in [0.4, 0.5) is 0 Å². The van der Waals surface area contributed by atoms with E-state index in [9.17, 15) is 14.4 Å². The molecule has 0 aliphatic rings. The van der Waals surface area contributed by atoms with Crippen LogP contribution in [0, 0.1) is 0 Å². The third kappa shape index (κ3) is 3.56. The van der Waals surface area contributed by atoms with E-state index in [1.165, 1.54) is 16.8 Å². The van der Waals surface area contributed by atoms with Crippen LogP contribution in [0.15, 0.2) is 35.1 Å². The fourth-order valence-electron chi connectivity index (χ4n) is 2.62. The number of aromatic nitrogens is 3. The Bertz CT molecular complexity index is 1130. The second-order valence-corrected chi connectivity index (χ2v) is 5.87. The average molecular weight is 390 g/mol. The Labute approximate surface area is 158 Å². The molecule has 140 valence electrons. The quantitative estimate of drug-likeness (QED) is 0.492. The number of hydrogen-bond donors (Lipinski definition) is 0. The van der Waals surface area contributed by atoms with E-state index >= 15 is 0 Å². The number of rotatable bonds is 5. The molecule has 0 amide bonds. The average Bonchev–Trinajstić information content (AvgIpc) is 3.08. The number of hydrogen-bond acceptors (Lipinski definition) is 6. The largest absolute Gasteiger partial charge is 0.463 e. The lowest BCUT2D eigenvalue weighted by Gasteiger charge is -2.08. The number of fused-ring (bicyclic) bond motifs is 3. The fraction of sp³-hybridized carbons (Fsp3) is 0.222. The van der Waals surface area contributed by atoms with Crippen LogP contribution in [0.3, 0.4) is 0 Å². The summed E-state index contributed by atoms with van der Waals surface area (Å²) >= 11 is 6.08. The van der Waals surface area contributed by atoms with Crippen molar-refractivity contribution in [1.82, 2.24) is 14.2 Å². The number of carbonyl (C=O) groups excluding carboxylic acids is 2. The first-order valence-corrected chi connectivity index (χ1v) is 8.59. The molecule has 27 heavy (non-hydrogen) atoms. The lowest BCUT2D eigenvalue weighted by Crippen LogP contribution is -2.25. The topological polar surface area (TPSA) is 91.9 Å². The molecule has 2 heterocycles. The number of benzene rings is 1. The molecule has 0 aliphatic heterocycles. The first-order valence-electron chi connectivity index (χ1n) is 8.21. The van der Waals surface area contributed by atoms with Gasteiger partial charge in [-0.05, 0) is 38.1 Å². The Morgan fingerprint density at radius 2 is 1.89 bits per heavy atom. The van der Waals surface area contributed by atoms with Gasteiger partial charge in [0.15, 0.2) is 5.69 Å². The molecule has 0 fully saturated rings. The van der Waals surface area contributed by atoms with Gasteiger partial charge in [0, 0.05) is 22.7 Å². The van der Waals surface area contributed by atoms with Gasteiger partial charge in [-0.3, -0.25) is 4.57 Å². The SMILES string of the molecule is CCOC(=O)/C=C\n1c(=O)n2nc(C(=O)OCC)cc2c2ccc(Cl)cc21. The van der Waals surface area contributed by atoms with Gasteiger partial charge in [-0.15, -0.1) is 0 Å². The molecular weight excluding hydrogens is 374 g/mol. The molecule has 0 atom stereocenters. The molecule has 8 nitrogen and oxygen atoms in total. The molecule has 0 radical (unpaired) electrons. The smallest absolute Gasteiger partial charge is 0.358 e. The molecule has 0 aliphatic carbocycles. The second kappa shape index (κ2) is 7.63. The van der Waals surface area contributed by atoms with Crippen LogP contribution < -0.4 is 5.69 Å². The number of nitrogens with zero attached hydrogens (tertiary/aromatic N) is 3. The molecule has 3 aromatic rings. The van der Waals surface area contributed by atoms with Crippen molar-refractivity contribution in [3.63, 3.8) is 0 Å². The van der Waals surface area contributed by atoms with Gasteiger partial charge in [-0.1, -0.05) is 11.6 Å². The van der Waals surface area contributed by atoms with Crippen LogP contribution in [-0.2, 0) is 14.3 Å². The molecule has 0 spiro atoms. The highest BCUT2D eigenvalue weighted by Crippen LogP contribution is 2.23. The summed E-state index contributed by atoms with van der Waals surface area (Å²) < 4.78 is 12.1. The molecule has 0 saturated carbocycles. The highest BCUT2D eigenvalue weighted by Gasteiger charge is 2.17. The summed E-state index contributed by atoms with van der Waals surface area (Å²) in [5.74, 6) is -1.22. The van der Waals surface area contributed by atoms with E-state index in [2.05, 4.69) is 5.10 Å². The van der Waals surface area contributed by atoms with Gasteiger partial charge in [0.25, 0.3) is 0 Å². The summed E-state index contributed by atoms with van der Waals surface area (Å²) in [5, 5.41) is 5.09. The van der Waals surface area contributed by atoms with Crippen LogP contribution in [0.5, 0.6) is 0 Å².